The summed E-state index contributed by atoms with van der Waals surface area (Å²) in [5, 5.41) is 0. The van der Waals surface area contributed by atoms with E-state index in [-0.39, 0.29) is 0 Å². The highest BCUT2D eigenvalue weighted by Gasteiger charge is 2.12. The van der Waals surface area contributed by atoms with E-state index in [1.165, 1.54) is 5.71 Å². The zero-order chi connectivity index (χ0) is 9.10. The Morgan fingerprint density at radius 2 is 2.38 bits per heavy atom. The van der Waals surface area contributed by atoms with Gasteiger partial charge < -0.3 is 4.90 Å². The molecule has 0 aromatic heterocycles. The summed E-state index contributed by atoms with van der Waals surface area (Å²) in [4.78, 5) is 6.58. The maximum Gasteiger partial charge on any atom is 0.109 e. The minimum atomic E-state index is 0.495. The van der Waals surface area contributed by atoms with Crippen LogP contribution in [0.1, 0.15) is 6.42 Å². The third kappa shape index (κ3) is 1.89. The standard InChI is InChI=1S/C11H14N2/c1-13-8-7-11(12-9-13)10-5-3-2-4-6-10/h2-5,7-8,10H,6,9H2,1H3. The fourth-order valence-electron chi connectivity index (χ4n) is 1.54. The molecule has 1 aliphatic heterocycles. The molecule has 1 heterocycles. The van der Waals surface area contributed by atoms with Crippen LogP contribution in [0.2, 0.25) is 0 Å². The van der Waals surface area contributed by atoms with Crippen molar-refractivity contribution in [3.63, 3.8) is 0 Å². The molecule has 1 aliphatic carbocycles. The van der Waals surface area contributed by atoms with Crippen molar-refractivity contribution in [2.45, 2.75) is 6.42 Å². The van der Waals surface area contributed by atoms with Crippen LogP contribution in [-0.4, -0.2) is 24.3 Å². The number of rotatable bonds is 1. The predicted molar refractivity (Wildman–Crippen MR) is 55.6 cm³/mol. The summed E-state index contributed by atoms with van der Waals surface area (Å²) in [6.45, 7) is 0.792. The summed E-state index contributed by atoms with van der Waals surface area (Å²) < 4.78 is 0. The predicted octanol–water partition coefficient (Wildman–Crippen LogP) is 1.98. The van der Waals surface area contributed by atoms with E-state index in [2.05, 4.69) is 46.5 Å². The van der Waals surface area contributed by atoms with Crippen molar-refractivity contribution < 1.29 is 0 Å². The van der Waals surface area contributed by atoms with Gasteiger partial charge in [0.05, 0.1) is 0 Å². The Labute approximate surface area is 79.0 Å². The van der Waals surface area contributed by atoms with Gasteiger partial charge in [0, 0.05) is 24.9 Å². The first-order valence-electron chi connectivity index (χ1n) is 4.62. The van der Waals surface area contributed by atoms with Gasteiger partial charge in [0.15, 0.2) is 0 Å². The fourth-order valence-corrected chi connectivity index (χ4v) is 1.54. The van der Waals surface area contributed by atoms with Crippen molar-refractivity contribution >= 4 is 5.71 Å². The Balaban J connectivity index is 2.06. The van der Waals surface area contributed by atoms with E-state index < -0.39 is 0 Å². The molecule has 0 fully saturated rings. The second-order valence-electron chi connectivity index (χ2n) is 3.45. The van der Waals surface area contributed by atoms with E-state index in [4.69, 9.17) is 0 Å². The number of allylic oxidation sites excluding steroid dienone is 5. The maximum absolute atomic E-state index is 4.50. The zero-order valence-corrected chi connectivity index (χ0v) is 7.85. The van der Waals surface area contributed by atoms with Gasteiger partial charge in [0.25, 0.3) is 0 Å². The Bertz CT molecular complexity index is 297. The third-order valence-corrected chi connectivity index (χ3v) is 2.34. The lowest BCUT2D eigenvalue weighted by Crippen LogP contribution is -2.21. The van der Waals surface area contributed by atoms with E-state index in [0.717, 1.165) is 13.1 Å². The molecular weight excluding hydrogens is 160 g/mol. The molecule has 0 N–H and O–H groups in total. The van der Waals surface area contributed by atoms with E-state index >= 15 is 0 Å². The molecule has 0 spiro atoms. The van der Waals surface area contributed by atoms with Crippen molar-refractivity contribution in [1.82, 2.24) is 4.90 Å². The van der Waals surface area contributed by atoms with Crippen molar-refractivity contribution in [1.29, 1.82) is 0 Å². The molecule has 68 valence electrons. The molecular formula is C11H14N2. The van der Waals surface area contributed by atoms with Gasteiger partial charge in [-0.15, -0.1) is 0 Å². The average molecular weight is 174 g/mol. The lowest BCUT2D eigenvalue weighted by molar-refractivity contribution is 0.466. The van der Waals surface area contributed by atoms with Crippen LogP contribution in [0, 0.1) is 5.92 Å². The Morgan fingerprint density at radius 1 is 1.46 bits per heavy atom. The second kappa shape index (κ2) is 3.60. The molecule has 2 heteroatoms. The Kier molecular flexibility index (Phi) is 2.30. The summed E-state index contributed by atoms with van der Waals surface area (Å²) >= 11 is 0. The zero-order valence-electron chi connectivity index (χ0n) is 7.85. The summed E-state index contributed by atoms with van der Waals surface area (Å²) in [7, 11) is 2.04. The number of nitrogens with zero attached hydrogens (tertiary/aromatic N) is 2. The molecule has 2 aliphatic rings. The Morgan fingerprint density at radius 3 is 3.00 bits per heavy atom. The first-order valence-corrected chi connectivity index (χ1v) is 4.62. The SMILES string of the molecule is CN1C=CC(C2C=CC=CC2)=NC1. The van der Waals surface area contributed by atoms with E-state index in [0.29, 0.717) is 5.92 Å². The lowest BCUT2D eigenvalue weighted by atomic mass is 9.95. The molecule has 1 atom stereocenters. The first kappa shape index (κ1) is 8.30. The van der Waals surface area contributed by atoms with Gasteiger partial charge >= 0.3 is 0 Å². The van der Waals surface area contributed by atoms with Crippen molar-refractivity contribution in [3.8, 4) is 0 Å². The smallest absolute Gasteiger partial charge is 0.109 e. The van der Waals surface area contributed by atoms with Crippen LogP contribution < -0.4 is 0 Å². The maximum atomic E-state index is 4.50. The molecule has 0 radical (unpaired) electrons. The van der Waals surface area contributed by atoms with Gasteiger partial charge in [0.2, 0.25) is 0 Å². The van der Waals surface area contributed by atoms with Gasteiger partial charge in [-0.2, -0.15) is 0 Å². The first-order chi connectivity index (χ1) is 6.36. The summed E-state index contributed by atoms with van der Waals surface area (Å²) in [5.41, 5.74) is 1.21. The van der Waals surface area contributed by atoms with Crippen LogP contribution >= 0.6 is 0 Å². The molecule has 0 bridgehead atoms. The third-order valence-electron chi connectivity index (χ3n) is 2.34. The highest BCUT2D eigenvalue weighted by molar-refractivity contribution is 5.98. The van der Waals surface area contributed by atoms with Crippen LogP contribution in [0.25, 0.3) is 0 Å². The summed E-state index contributed by atoms with van der Waals surface area (Å²) in [5.74, 6) is 0.495. The van der Waals surface area contributed by atoms with Gasteiger partial charge in [-0.1, -0.05) is 24.3 Å². The molecule has 0 aromatic rings. The fraction of sp³-hybridized carbons (Fsp3) is 0.364. The van der Waals surface area contributed by atoms with Crippen molar-refractivity contribution in [2.75, 3.05) is 13.7 Å². The van der Waals surface area contributed by atoms with E-state index in [9.17, 15) is 0 Å². The van der Waals surface area contributed by atoms with Crippen molar-refractivity contribution in [2.24, 2.45) is 10.9 Å². The minimum absolute atomic E-state index is 0.495. The van der Waals surface area contributed by atoms with Gasteiger partial charge in [-0.25, -0.2) is 0 Å². The molecule has 0 saturated carbocycles. The lowest BCUT2D eigenvalue weighted by Gasteiger charge is -2.20. The van der Waals surface area contributed by atoms with E-state index in [1.807, 2.05) is 7.05 Å². The highest BCUT2D eigenvalue weighted by Crippen LogP contribution is 2.16. The topological polar surface area (TPSA) is 15.6 Å². The molecule has 2 nitrogen and oxygen atoms in total. The van der Waals surface area contributed by atoms with Crippen LogP contribution in [0.3, 0.4) is 0 Å². The van der Waals surface area contributed by atoms with Crippen LogP contribution in [-0.2, 0) is 0 Å². The highest BCUT2D eigenvalue weighted by atomic mass is 15.2. The monoisotopic (exact) mass is 174 g/mol. The molecule has 2 rings (SSSR count). The minimum Gasteiger partial charge on any atom is -0.361 e. The molecule has 1 unspecified atom stereocenters. The van der Waals surface area contributed by atoms with Crippen molar-refractivity contribution in [3.05, 3.63) is 36.6 Å². The largest absolute Gasteiger partial charge is 0.361 e. The van der Waals surface area contributed by atoms with Gasteiger partial charge in [-0.3, -0.25) is 4.99 Å². The molecule has 0 aromatic carbocycles. The van der Waals surface area contributed by atoms with Gasteiger partial charge in [0.1, 0.15) is 6.67 Å². The van der Waals surface area contributed by atoms with Crippen LogP contribution in [0.4, 0.5) is 0 Å². The number of aliphatic imine (C=N–C) groups is 1. The molecule has 0 amide bonds. The van der Waals surface area contributed by atoms with Gasteiger partial charge in [-0.05, 0) is 12.5 Å². The number of hydrogen-bond acceptors (Lipinski definition) is 2. The van der Waals surface area contributed by atoms with Crippen LogP contribution in [0.5, 0.6) is 0 Å². The quantitative estimate of drug-likeness (QED) is 0.593. The average Bonchev–Trinajstić information content (AvgIpc) is 2.20. The van der Waals surface area contributed by atoms with E-state index in [1.54, 1.807) is 0 Å². The second-order valence-corrected chi connectivity index (χ2v) is 3.45. The van der Waals surface area contributed by atoms with Crippen LogP contribution in [0.15, 0.2) is 41.6 Å². The summed E-state index contributed by atoms with van der Waals surface area (Å²) in [6, 6.07) is 0. The Hall–Kier alpha value is -1.31. The molecule has 0 saturated heterocycles. The normalized spacial score (nSPS) is 26.4. The number of hydrogen-bond donors (Lipinski definition) is 0. The molecule has 13 heavy (non-hydrogen) atoms. The summed E-state index contributed by atoms with van der Waals surface area (Å²) in [6.07, 6.45) is 13.9.